The molecule has 0 saturated carbocycles. The topological polar surface area (TPSA) is 60.2 Å². The Balaban J connectivity index is 1.61. The van der Waals surface area contributed by atoms with Crippen molar-refractivity contribution < 1.29 is 9.72 Å². The second-order valence-electron chi connectivity index (χ2n) is 6.26. The van der Waals surface area contributed by atoms with E-state index >= 15 is 0 Å². The Bertz CT molecular complexity index is 1070. The van der Waals surface area contributed by atoms with Crippen LogP contribution in [0, 0.1) is 10.1 Å². The zero-order valence-electron chi connectivity index (χ0n) is 13.9. The van der Waals surface area contributed by atoms with Gasteiger partial charge >= 0.3 is 0 Å². The first kappa shape index (κ1) is 16.0. The van der Waals surface area contributed by atoms with Crippen molar-refractivity contribution in [2.24, 2.45) is 0 Å². The van der Waals surface area contributed by atoms with Crippen LogP contribution in [0.2, 0.25) is 0 Å². The van der Waals surface area contributed by atoms with Gasteiger partial charge in [-0.15, -0.1) is 0 Å². The lowest BCUT2D eigenvalue weighted by Crippen LogP contribution is -1.95. The minimum atomic E-state index is -0.447. The van der Waals surface area contributed by atoms with Crippen LogP contribution in [0.3, 0.4) is 0 Å². The molecule has 0 aliphatic heterocycles. The van der Waals surface area contributed by atoms with E-state index in [0.717, 1.165) is 12.0 Å². The molecule has 0 radical (unpaired) electrons. The summed E-state index contributed by atoms with van der Waals surface area (Å²) >= 11 is 0. The molecular formula is C22H15NO3. The maximum Gasteiger partial charge on any atom is 0.270 e. The molecule has 0 bridgehead atoms. The van der Waals surface area contributed by atoms with Gasteiger partial charge in [0.1, 0.15) is 0 Å². The molecule has 4 rings (SSSR count). The number of ketones is 1. The van der Waals surface area contributed by atoms with Crippen LogP contribution in [-0.2, 0) is 6.42 Å². The number of nitrogens with zero attached hydrogens (tertiary/aromatic N) is 1. The van der Waals surface area contributed by atoms with Crippen LogP contribution in [0.15, 0.2) is 72.8 Å². The normalized spacial score (nSPS) is 12.0. The lowest BCUT2D eigenvalue weighted by Gasteiger charge is -2.03. The van der Waals surface area contributed by atoms with E-state index in [0.29, 0.717) is 11.1 Å². The summed E-state index contributed by atoms with van der Waals surface area (Å²) in [4.78, 5) is 22.9. The number of rotatable bonds is 4. The summed E-state index contributed by atoms with van der Waals surface area (Å²) in [5, 5.41) is 10.8. The Morgan fingerprint density at radius 1 is 0.923 bits per heavy atom. The SMILES string of the molecule is O=C(C=Cc1cccc([N+](=O)[O-])c1)c1ccc2c(c1)-c1ccccc1C2. The lowest BCUT2D eigenvalue weighted by molar-refractivity contribution is -0.384. The van der Waals surface area contributed by atoms with Gasteiger partial charge in [-0.3, -0.25) is 14.9 Å². The number of nitro benzene ring substituents is 1. The zero-order valence-corrected chi connectivity index (χ0v) is 13.9. The fourth-order valence-corrected chi connectivity index (χ4v) is 3.29. The van der Waals surface area contributed by atoms with Crippen LogP contribution < -0.4 is 0 Å². The molecule has 1 aliphatic rings. The quantitative estimate of drug-likeness (QED) is 0.225. The Hall–Kier alpha value is -3.53. The summed E-state index contributed by atoms with van der Waals surface area (Å²) < 4.78 is 0. The van der Waals surface area contributed by atoms with Crippen LogP contribution >= 0.6 is 0 Å². The highest BCUT2D eigenvalue weighted by Crippen LogP contribution is 2.36. The van der Waals surface area contributed by atoms with Crippen molar-refractivity contribution in [1.29, 1.82) is 0 Å². The molecule has 0 amide bonds. The zero-order chi connectivity index (χ0) is 18.1. The van der Waals surface area contributed by atoms with E-state index in [9.17, 15) is 14.9 Å². The van der Waals surface area contributed by atoms with Gasteiger partial charge in [0.15, 0.2) is 5.78 Å². The number of benzene rings is 3. The second kappa shape index (κ2) is 6.41. The molecule has 0 unspecified atom stereocenters. The highest BCUT2D eigenvalue weighted by atomic mass is 16.6. The van der Waals surface area contributed by atoms with E-state index in [1.54, 1.807) is 18.2 Å². The van der Waals surface area contributed by atoms with Crippen molar-refractivity contribution in [3.63, 3.8) is 0 Å². The highest BCUT2D eigenvalue weighted by Gasteiger charge is 2.18. The van der Waals surface area contributed by atoms with Gasteiger partial charge in [-0.2, -0.15) is 0 Å². The summed E-state index contributed by atoms with van der Waals surface area (Å²) in [6.07, 6.45) is 3.96. The molecule has 126 valence electrons. The molecule has 3 aromatic carbocycles. The molecule has 0 saturated heterocycles. The van der Waals surface area contributed by atoms with Crippen LogP contribution in [0.25, 0.3) is 17.2 Å². The standard InChI is InChI=1S/C22H15NO3/c24-22(11-8-15-4-3-6-19(12-15)23(25)26)18-10-9-17-13-16-5-1-2-7-20(16)21(17)14-18/h1-12,14H,13H2. The summed E-state index contributed by atoms with van der Waals surface area (Å²) in [6.45, 7) is 0. The van der Waals surface area contributed by atoms with E-state index in [4.69, 9.17) is 0 Å². The van der Waals surface area contributed by atoms with Crippen molar-refractivity contribution >= 4 is 17.5 Å². The number of nitro groups is 1. The van der Waals surface area contributed by atoms with E-state index in [-0.39, 0.29) is 11.5 Å². The molecule has 3 aromatic rings. The fraction of sp³-hybridized carbons (Fsp3) is 0.0455. The second-order valence-corrected chi connectivity index (χ2v) is 6.26. The predicted molar refractivity (Wildman–Crippen MR) is 101 cm³/mol. The van der Waals surface area contributed by atoms with Crippen LogP contribution in [0.1, 0.15) is 27.0 Å². The maximum absolute atomic E-state index is 12.5. The number of hydrogen-bond acceptors (Lipinski definition) is 3. The Kier molecular flexibility index (Phi) is 3.93. The summed E-state index contributed by atoms with van der Waals surface area (Å²) in [7, 11) is 0. The largest absolute Gasteiger partial charge is 0.289 e. The first-order valence-corrected chi connectivity index (χ1v) is 8.30. The molecule has 0 heterocycles. The summed E-state index contributed by atoms with van der Waals surface area (Å²) in [5.41, 5.74) is 6.04. The number of fused-ring (bicyclic) bond motifs is 3. The van der Waals surface area contributed by atoms with Crippen molar-refractivity contribution in [1.82, 2.24) is 0 Å². The van der Waals surface area contributed by atoms with Crippen molar-refractivity contribution in [3.05, 3.63) is 105 Å². The summed E-state index contributed by atoms with van der Waals surface area (Å²) in [6, 6.07) is 20.2. The van der Waals surface area contributed by atoms with E-state index in [1.165, 1.54) is 34.9 Å². The number of allylic oxidation sites excluding steroid dienone is 1. The summed E-state index contributed by atoms with van der Waals surface area (Å²) in [5.74, 6) is -0.122. The van der Waals surface area contributed by atoms with E-state index in [2.05, 4.69) is 12.1 Å². The Morgan fingerprint density at radius 3 is 2.58 bits per heavy atom. The monoisotopic (exact) mass is 341 g/mol. The van der Waals surface area contributed by atoms with Gasteiger partial charge in [0.05, 0.1) is 4.92 Å². The van der Waals surface area contributed by atoms with Crippen LogP contribution in [0.4, 0.5) is 5.69 Å². The van der Waals surface area contributed by atoms with Gasteiger partial charge in [0.25, 0.3) is 5.69 Å². The predicted octanol–water partition coefficient (Wildman–Crippen LogP) is 5.06. The van der Waals surface area contributed by atoms with Gasteiger partial charge in [0.2, 0.25) is 0 Å². The molecule has 26 heavy (non-hydrogen) atoms. The van der Waals surface area contributed by atoms with E-state index < -0.39 is 4.92 Å². The third kappa shape index (κ3) is 2.93. The first-order chi connectivity index (χ1) is 12.6. The van der Waals surface area contributed by atoms with E-state index in [1.807, 2.05) is 30.3 Å². The number of non-ortho nitro benzene ring substituents is 1. The average molecular weight is 341 g/mol. The van der Waals surface area contributed by atoms with Crippen molar-refractivity contribution in [2.75, 3.05) is 0 Å². The average Bonchev–Trinajstić information content (AvgIpc) is 3.04. The van der Waals surface area contributed by atoms with Crippen LogP contribution in [-0.4, -0.2) is 10.7 Å². The lowest BCUT2D eigenvalue weighted by atomic mass is 10.0. The van der Waals surface area contributed by atoms with Gasteiger partial charge in [0, 0.05) is 17.7 Å². The first-order valence-electron chi connectivity index (χ1n) is 8.30. The van der Waals surface area contributed by atoms with Gasteiger partial charge in [-0.25, -0.2) is 0 Å². The number of carbonyl (C=O) groups is 1. The molecule has 0 N–H and O–H groups in total. The molecule has 0 aromatic heterocycles. The Labute approximate surface area is 150 Å². The van der Waals surface area contributed by atoms with Crippen molar-refractivity contribution in [3.8, 4) is 11.1 Å². The minimum Gasteiger partial charge on any atom is -0.289 e. The third-order valence-corrected chi connectivity index (χ3v) is 4.59. The molecular weight excluding hydrogens is 326 g/mol. The smallest absolute Gasteiger partial charge is 0.270 e. The number of hydrogen-bond donors (Lipinski definition) is 0. The minimum absolute atomic E-state index is 0.00809. The Morgan fingerprint density at radius 2 is 1.73 bits per heavy atom. The van der Waals surface area contributed by atoms with Crippen molar-refractivity contribution in [2.45, 2.75) is 6.42 Å². The van der Waals surface area contributed by atoms with Gasteiger partial charge < -0.3 is 0 Å². The molecule has 1 aliphatic carbocycles. The van der Waals surface area contributed by atoms with Gasteiger partial charge in [-0.05, 0) is 46.4 Å². The molecule has 0 atom stereocenters. The fourth-order valence-electron chi connectivity index (χ4n) is 3.29. The maximum atomic E-state index is 12.5. The molecule has 0 spiro atoms. The third-order valence-electron chi connectivity index (χ3n) is 4.59. The molecule has 4 heteroatoms. The number of carbonyl (C=O) groups excluding carboxylic acids is 1. The van der Waals surface area contributed by atoms with Gasteiger partial charge in [-0.1, -0.05) is 54.6 Å². The van der Waals surface area contributed by atoms with Crippen LogP contribution in [0.5, 0.6) is 0 Å². The molecule has 4 nitrogen and oxygen atoms in total. The highest BCUT2D eigenvalue weighted by molar-refractivity contribution is 6.07. The molecule has 0 fully saturated rings.